The van der Waals surface area contributed by atoms with Crippen LogP contribution in [0.4, 0.5) is 0 Å². The Morgan fingerprint density at radius 2 is 0.714 bits per heavy atom. The van der Waals surface area contributed by atoms with E-state index in [-0.39, 0.29) is 25.5 Å². The zero-order chi connectivity index (χ0) is 46.7. The first-order chi connectivity index (χ1) is 34.0. The van der Waals surface area contributed by atoms with Gasteiger partial charge in [-0.1, -0.05) is 257 Å². The monoisotopic (exact) mass is 1110 g/mol. The summed E-state index contributed by atoms with van der Waals surface area (Å²) in [6.07, 6.45) is 1.85. The predicted molar refractivity (Wildman–Crippen MR) is 297 cm³/mol. The van der Waals surface area contributed by atoms with Gasteiger partial charge in [0.05, 0.1) is 0 Å². The maximum atomic E-state index is 4.45. The minimum Gasteiger partial charge on any atom is -0.304 e. The molecule has 1 heterocycles. The Bertz CT molecular complexity index is 3120. The summed E-state index contributed by atoms with van der Waals surface area (Å²) in [5.74, 6) is 0. The van der Waals surface area contributed by atoms with Crippen LogP contribution in [-0.4, -0.2) is 21.1 Å². The summed E-state index contributed by atoms with van der Waals surface area (Å²) in [5.41, 5.74) is 7.36. The molecule has 0 spiro atoms. The van der Waals surface area contributed by atoms with E-state index in [4.69, 9.17) is 0 Å². The fraction of sp³-hybridized carbons (Fsp3) is 0.0455. The van der Waals surface area contributed by atoms with Crippen molar-refractivity contribution in [3.05, 3.63) is 296 Å². The van der Waals surface area contributed by atoms with Crippen LogP contribution in [0.15, 0.2) is 279 Å². The largest absolute Gasteiger partial charge is 0.304 e. The zero-order valence-electron chi connectivity index (χ0n) is 39.3. The average molecular weight is 1110 g/mol. The number of benzene rings is 10. The molecule has 0 unspecified atom stereocenters. The van der Waals surface area contributed by atoms with Gasteiger partial charge < -0.3 is 4.98 Å². The predicted octanol–water partition coefficient (Wildman–Crippen LogP) is 10.4. The minimum atomic E-state index is -2.67. The van der Waals surface area contributed by atoms with E-state index in [9.17, 15) is 0 Å². The molecule has 12 rings (SSSR count). The van der Waals surface area contributed by atoms with Crippen LogP contribution in [0.1, 0.15) is 25.0 Å². The molecular formula is C66H52IrNSi2-. The number of hydrogen-bond donors (Lipinski definition) is 0. The van der Waals surface area contributed by atoms with Crippen LogP contribution in [0.3, 0.4) is 0 Å². The van der Waals surface area contributed by atoms with Gasteiger partial charge in [0.2, 0.25) is 0 Å². The van der Waals surface area contributed by atoms with Crippen molar-refractivity contribution in [2.45, 2.75) is 19.3 Å². The zero-order valence-corrected chi connectivity index (χ0v) is 43.7. The van der Waals surface area contributed by atoms with Crippen LogP contribution in [0, 0.1) is 6.07 Å². The summed E-state index contributed by atoms with van der Waals surface area (Å²) >= 11 is 0. The molecule has 0 bridgehead atoms. The number of pyridine rings is 1. The van der Waals surface area contributed by atoms with Crippen LogP contribution in [0.25, 0.3) is 33.2 Å². The van der Waals surface area contributed by atoms with Crippen LogP contribution >= 0.6 is 0 Å². The third kappa shape index (κ3) is 8.07. The molecule has 1 radical (unpaired) electrons. The van der Waals surface area contributed by atoms with Crippen LogP contribution < -0.4 is 41.5 Å². The van der Waals surface area contributed by atoms with E-state index >= 15 is 0 Å². The van der Waals surface area contributed by atoms with Crippen molar-refractivity contribution in [1.29, 1.82) is 0 Å². The van der Waals surface area contributed by atoms with E-state index in [1.807, 2.05) is 48.7 Å². The molecule has 1 aromatic heterocycles. The molecule has 10 aromatic carbocycles. The molecule has 339 valence electrons. The molecule has 1 aliphatic rings. The van der Waals surface area contributed by atoms with Crippen molar-refractivity contribution < 1.29 is 20.1 Å². The Hall–Kier alpha value is -7.31. The molecule has 0 amide bonds. The number of hydrogen-bond acceptors (Lipinski definition) is 1. The van der Waals surface area contributed by atoms with Gasteiger partial charge in [0.15, 0.2) is 16.1 Å². The normalized spacial score (nSPS) is 12.4. The van der Waals surface area contributed by atoms with Gasteiger partial charge in [0, 0.05) is 31.7 Å². The van der Waals surface area contributed by atoms with E-state index in [1.54, 1.807) is 0 Å². The first-order valence-corrected chi connectivity index (χ1v) is 27.9. The topological polar surface area (TPSA) is 12.9 Å². The average Bonchev–Trinajstić information content (AvgIpc) is 3.65. The van der Waals surface area contributed by atoms with Gasteiger partial charge in [0.25, 0.3) is 0 Å². The van der Waals surface area contributed by atoms with E-state index < -0.39 is 16.1 Å². The van der Waals surface area contributed by atoms with Gasteiger partial charge in [0.1, 0.15) is 0 Å². The van der Waals surface area contributed by atoms with Crippen LogP contribution in [-0.2, 0) is 25.5 Å². The molecule has 70 heavy (non-hydrogen) atoms. The third-order valence-electron chi connectivity index (χ3n) is 14.4. The summed E-state index contributed by atoms with van der Waals surface area (Å²) in [6, 6.07) is 104. The Kier molecular flexibility index (Phi) is 13.2. The van der Waals surface area contributed by atoms with E-state index in [1.165, 1.54) is 74.5 Å². The second kappa shape index (κ2) is 20.0. The standard InChI is InChI=1S/C51H42Si2.C15H10N.Ir/c1-51(2)49-37-45(52(39-21-9-3-10-22-39,40-23-11-4-12-24-40)41-25-13-5-14-26-41)33-35-47(49)48-36-34-46(38-50(48)51)53(42-27-15-6-16-28-42,43-29-17-7-18-30-43)44-31-19-8-20-32-44;1-2-7-13(8-3-1)15-14-9-5-4-6-12(14)10-11-16-15;/h3-38H,1-2H3;1-7,9-11H;/q;-1;. The fourth-order valence-corrected chi connectivity index (χ4v) is 20.8. The molecule has 0 atom stereocenters. The summed E-state index contributed by atoms with van der Waals surface area (Å²) < 4.78 is 0. The number of aromatic nitrogens is 1. The van der Waals surface area contributed by atoms with Gasteiger partial charge in [-0.25, -0.2) is 0 Å². The van der Waals surface area contributed by atoms with Gasteiger partial charge in [-0.2, -0.15) is 0 Å². The van der Waals surface area contributed by atoms with Gasteiger partial charge in [-0.3, -0.25) is 0 Å². The number of rotatable bonds is 9. The summed E-state index contributed by atoms with van der Waals surface area (Å²) in [4.78, 5) is 4.45. The van der Waals surface area contributed by atoms with Crippen molar-refractivity contribution in [3.63, 3.8) is 0 Å². The third-order valence-corrected chi connectivity index (χ3v) is 24.0. The van der Waals surface area contributed by atoms with Crippen molar-refractivity contribution in [2.75, 3.05) is 0 Å². The molecule has 0 saturated heterocycles. The molecule has 0 N–H and O–H groups in total. The minimum absolute atomic E-state index is 0. The van der Waals surface area contributed by atoms with Crippen molar-refractivity contribution in [3.8, 4) is 22.4 Å². The Morgan fingerprint density at radius 1 is 0.357 bits per heavy atom. The molecule has 1 nitrogen and oxygen atoms in total. The smallest absolute Gasteiger partial charge is 0.179 e. The second-order valence-electron chi connectivity index (χ2n) is 18.5. The van der Waals surface area contributed by atoms with E-state index in [0.717, 1.165) is 11.3 Å². The summed E-state index contributed by atoms with van der Waals surface area (Å²) in [5, 5.41) is 13.6. The molecule has 0 fully saturated rings. The summed E-state index contributed by atoms with van der Waals surface area (Å²) in [7, 11) is -5.35. The van der Waals surface area contributed by atoms with E-state index in [0.29, 0.717) is 0 Å². The quantitative estimate of drug-likeness (QED) is 0.0798. The molecule has 1 aliphatic carbocycles. The second-order valence-corrected chi connectivity index (χ2v) is 26.1. The SMILES string of the molecule is CC1(C)c2cc([Si](c3ccccc3)(c3ccccc3)c3ccccc3)ccc2-c2ccc([Si](c3ccccc3)(c3ccccc3)c3ccccc3)cc21.[Ir].[c-]1ccccc1-c1nccc2ccccc12. The van der Waals surface area contributed by atoms with Gasteiger partial charge >= 0.3 is 0 Å². The molecule has 11 aromatic rings. The maximum Gasteiger partial charge on any atom is 0.179 e. The maximum absolute atomic E-state index is 4.45. The first kappa shape index (κ1) is 46.4. The van der Waals surface area contributed by atoms with Crippen LogP contribution in [0.2, 0.25) is 0 Å². The Morgan fingerprint density at radius 3 is 1.09 bits per heavy atom. The molecule has 0 aliphatic heterocycles. The van der Waals surface area contributed by atoms with Crippen molar-refractivity contribution in [2.24, 2.45) is 0 Å². The Labute approximate surface area is 428 Å². The fourth-order valence-electron chi connectivity index (χ4n) is 11.2. The van der Waals surface area contributed by atoms with Crippen molar-refractivity contribution in [1.82, 2.24) is 4.98 Å². The molecule has 0 saturated carbocycles. The first-order valence-electron chi connectivity index (χ1n) is 23.9. The van der Waals surface area contributed by atoms with E-state index in [2.05, 4.69) is 255 Å². The number of fused-ring (bicyclic) bond motifs is 4. The van der Waals surface area contributed by atoms with Crippen molar-refractivity contribution >= 4 is 68.4 Å². The Balaban J connectivity index is 0.000000282. The molecule has 4 heteroatoms. The summed E-state index contributed by atoms with van der Waals surface area (Å²) in [6.45, 7) is 4.89. The number of nitrogens with zero attached hydrogens (tertiary/aromatic N) is 1. The molecular weight excluding hydrogens is 1060 g/mol. The van der Waals surface area contributed by atoms with Crippen LogP contribution in [0.5, 0.6) is 0 Å². The van der Waals surface area contributed by atoms with Gasteiger partial charge in [-0.05, 0) is 86.3 Å². The van der Waals surface area contributed by atoms with Gasteiger partial charge in [-0.15, -0.1) is 35.9 Å².